The Labute approximate surface area is 185 Å². The zero-order chi connectivity index (χ0) is 22.4. The predicted octanol–water partition coefficient (Wildman–Crippen LogP) is 0.657. The molecule has 2 aliphatic heterocycles. The summed E-state index contributed by atoms with van der Waals surface area (Å²) in [6.07, 6.45) is 3.28. The van der Waals surface area contributed by atoms with Crippen molar-refractivity contribution in [2.75, 3.05) is 6.54 Å². The van der Waals surface area contributed by atoms with Crippen LogP contribution in [-0.4, -0.2) is 58.2 Å². The van der Waals surface area contributed by atoms with Gasteiger partial charge in [0.25, 0.3) is 5.91 Å². The van der Waals surface area contributed by atoms with Crippen LogP contribution in [0.15, 0.2) is 30.3 Å². The molecule has 2 bridgehead atoms. The number of carbonyl (C=O) groups excluding carboxylic acids is 4. The second-order valence-electron chi connectivity index (χ2n) is 9.13. The van der Waals surface area contributed by atoms with Gasteiger partial charge in [-0.3, -0.25) is 19.2 Å². The lowest BCUT2D eigenvalue weighted by Gasteiger charge is -2.35. The van der Waals surface area contributed by atoms with Gasteiger partial charge in [-0.25, -0.2) is 0 Å². The number of primary amides is 1. The van der Waals surface area contributed by atoms with E-state index in [1.807, 2.05) is 30.3 Å². The number of para-hydroxylation sites is 1. The van der Waals surface area contributed by atoms with E-state index >= 15 is 0 Å². The van der Waals surface area contributed by atoms with Crippen LogP contribution in [-0.2, 0) is 14.4 Å². The van der Waals surface area contributed by atoms with Crippen molar-refractivity contribution in [3.05, 3.63) is 36.0 Å². The summed E-state index contributed by atoms with van der Waals surface area (Å²) in [7, 11) is 0. The Balaban J connectivity index is 1.35. The van der Waals surface area contributed by atoms with Gasteiger partial charge in [-0.15, -0.1) is 0 Å². The SMILES string of the molecule is NC(=O)[C@H](C[C@@H]1CCNC1=O)NC(=O)[C@@H]1[C@H]2CC[C@H](C2)N1C(=O)c1cc2ccccc2[nH]1. The van der Waals surface area contributed by atoms with E-state index in [2.05, 4.69) is 15.6 Å². The van der Waals surface area contributed by atoms with E-state index in [-0.39, 0.29) is 42.0 Å². The zero-order valence-corrected chi connectivity index (χ0v) is 17.7. The second kappa shape index (κ2) is 7.96. The normalized spacial score (nSPS) is 27.5. The number of piperidine rings is 1. The Morgan fingerprint density at radius 2 is 2.00 bits per heavy atom. The second-order valence-corrected chi connectivity index (χ2v) is 9.13. The van der Waals surface area contributed by atoms with Gasteiger partial charge in [0.1, 0.15) is 17.8 Å². The number of benzene rings is 1. The van der Waals surface area contributed by atoms with Gasteiger partial charge in [-0.2, -0.15) is 0 Å². The molecule has 9 heteroatoms. The van der Waals surface area contributed by atoms with Crippen molar-refractivity contribution in [2.45, 2.75) is 50.2 Å². The van der Waals surface area contributed by atoms with Crippen LogP contribution >= 0.6 is 0 Å². The predicted molar refractivity (Wildman–Crippen MR) is 116 cm³/mol. The number of aromatic amines is 1. The first-order valence-electron chi connectivity index (χ1n) is 11.2. The highest BCUT2D eigenvalue weighted by atomic mass is 16.2. The zero-order valence-electron chi connectivity index (χ0n) is 17.7. The number of rotatable bonds is 6. The van der Waals surface area contributed by atoms with Crippen molar-refractivity contribution < 1.29 is 19.2 Å². The number of aromatic nitrogens is 1. The molecule has 32 heavy (non-hydrogen) atoms. The molecular weight excluding hydrogens is 410 g/mol. The number of fused-ring (bicyclic) bond motifs is 3. The largest absolute Gasteiger partial charge is 0.368 e. The molecule has 3 heterocycles. The lowest BCUT2D eigenvalue weighted by atomic mass is 9.95. The first-order valence-corrected chi connectivity index (χ1v) is 11.2. The van der Waals surface area contributed by atoms with Gasteiger partial charge < -0.3 is 26.3 Å². The molecule has 168 valence electrons. The summed E-state index contributed by atoms with van der Waals surface area (Å²) in [4.78, 5) is 55.5. The van der Waals surface area contributed by atoms with E-state index in [4.69, 9.17) is 5.73 Å². The van der Waals surface area contributed by atoms with Crippen LogP contribution in [0.1, 0.15) is 42.6 Å². The van der Waals surface area contributed by atoms with Crippen LogP contribution in [0.4, 0.5) is 0 Å². The van der Waals surface area contributed by atoms with Gasteiger partial charge in [0.05, 0.1) is 0 Å². The van der Waals surface area contributed by atoms with Crippen LogP contribution in [0.5, 0.6) is 0 Å². The third-order valence-electron chi connectivity index (χ3n) is 7.19. The molecule has 5 rings (SSSR count). The maximum Gasteiger partial charge on any atom is 0.271 e. The molecule has 0 radical (unpaired) electrons. The van der Waals surface area contributed by atoms with Crippen LogP contribution in [0.3, 0.4) is 0 Å². The highest BCUT2D eigenvalue weighted by molar-refractivity contribution is 6.01. The fraction of sp³-hybridized carbons (Fsp3) is 0.478. The van der Waals surface area contributed by atoms with E-state index in [9.17, 15) is 19.2 Å². The summed E-state index contributed by atoms with van der Waals surface area (Å²) in [5.74, 6) is -1.67. The molecule has 9 nitrogen and oxygen atoms in total. The fourth-order valence-corrected chi connectivity index (χ4v) is 5.60. The maximum absolute atomic E-state index is 13.4. The summed E-state index contributed by atoms with van der Waals surface area (Å²) in [5.41, 5.74) is 6.86. The van der Waals surface area contributed by atoms with Gasteiger partial charge >= 0.3 is 0 Å². The van der Waals surface area contributed by atoms with Gasteiger partial charge in [-0.1, -0.05) is 18.2 Å². The Morgan fingerprint density at radius 3 is 2.72 bits per heavy atom. The number of nitrogens with zero attached hydrogens (tertiary/aromatic N) is 1. The molecule has 2 saturated heterocycles. The molecular formula is C23H27N5O4. The molecule has 1 saturated carbocycles. The minimum absolute atomic E-state index is 0.00213. The van der Waals surface area contributed by atoms with E-state index in [1.54, 1.807) is 4.90 Å². The van der Waals surface area contributed by atoms with Crippen molar-refractivity contribution in [1.82, 2.24) is 20.5 Å². The number of hydrogen-bond acceptors (Lipinski definition) is 4. The van der Waals surface area contributed by atoms with E-state index in [0.717, 1.165) is 30.2 Å². The Hall–Kier alpha value is -3.36. The van der Waals surface area contributed by atoms with Crippen molar-refractivity contribution in [3.8, 4) is 0 Å². The Bertz CT molecular complexity index is 1060. The summed E-state index contributed by atoms with van der Waals surface area (Å²) >= 11 is 0. The minimum Gasteiger partial charge on any atom is -0.368 e. The Morgan fingerprint density at radius 1 is 1.19 bits per heavy atom. The lowest BCUT2D eigenvalue weighted by molar-refractivity contribution is -0.132. The molecule has 0 unspecified atom stereocenters. The summed E-state index contributed by atoms with van der Waals surface area (Å²) in [6, 6.07) is 7.87. The van der Waals surface area contributed by atoms with Crippen LogP contribution in [0.2, 0.25) is 0 Å². The van der Waals surface area contributed by atoms with E-state index in [1.165, 1.54) is 0 Å². The van der Waals surface area contributed by atoms with Crippen molar-refractivity contribution in [1.29, 1.82) is 0 Å². The summed E-state index contributed by atoms with van der Waals surface area (Å²) in [6.45, 7) is 0.558. The van der Waals surface area contributed by atoms with E-state index in [0.29, 0.717) is 18.7 Å². The lowest BCUT2D eigenvalue weighted by Crippen LogP contribution is -2.56. The number of nitrogens with one attached hydrogen (secondary N) is 3. The fourth-order valence-electron chi connectivity index (χ4n) is 5.60. The van der Waals surface area contributed by atoms with Crippen molar-refractivity contribution >= 4 is 34.5 Å². The van der Waals surface area contributed by atoms with Crippen LogP contribution in [0, 0.1) is 11.8 Å². The van der Waals surface area contributed by atoms with Crippen molar-refractivity contribution in [2.24, 2.45) is 17.6 Å². The molecule has 3 aliphatic rings. The third-order valence-corrected chi connectivity index (χ3v) is 7.19. The van der Waals surface area contributed by atoms with Gasteiger partial charge in [-0.05, 0) is 50.2 Å². The summed E-state index contributed by atoms with van der Waals surface area (Å²) < 4.78 is 0. The number of amides is 4. The molecule has 4 amide bonds. The maximum atomic E-state index is 13.4. The number of H-pyrrole nitrogens is 1. The molecule has 0 spiro atoms. The van der Waals surface area contributed by atoms with Crippen LogP contribution in [0.25, 0.3) is 10.9 Å². The molecule has 1 aliphatic carbocycles. The first kappa shape index (κ1) is 20.5. The molecule has 1 aromatic heterocycles. The van der Waals surface area contributed by atoms with Crippen LogP contribution < -0.4 is 16.4 Å². The smallest absolute Gasteiger partial charge is 0.271 e. The summed E-state index contributed by atoms with van der Waals surface area (Å²) in [5, 5.41) is 6.43. The van der Waals surface area contributed by atoms with E-state index < -0.39 is 18.0 Å². The third kappa shape index (κ3) is 3.51. The number of likely N-dealkylation sites (tertiary alicyclic amines) is 1. The van der Waals surface area contributed by atoms with Gasteiger partial charge in [0.15, 0.2) is 0 Å². The standard InChI is InChI=1S/C23H27N5O4/c24-20(29)17(11-14-7-8-25-21(14)30)27-22(31)19-13-5-6-15(9-13)28(19)23(32)18-10-12-3-1-2-4-16(12)26-18/h1-4,10,13-15,17,19,26H,5-9,11H2,(H2,24,29)(H,25,30)(H,27,31)/t13-,14-,15+,17-,19-/m0/s1. The highest BCUT2D eigenvalue weighted by Crippen LogP contribution is 2.43. The average molecular weight is 438 g/mol. The number of hydrogen-bond donors (Lipinski definition) is 4. The quantitative estimate of drug-likeness (QED) is 0.527. The average Bonchev–Trinajstić information content (AvgIpc) is 3.56. The topological polar surface area (TPSA) is 137 Å². The molecule has 5 N–H and O–H groups in total. The van der Waals surface area contributed by atoms with Crippen molar-refractivity contribution in [3.63, 3.8) is 0 Å². The molecule has 1 aromatic carbocycles. The van der Waals surface area contributed by atoms with Gasteiger partial charge in [0.2, 0.25) is 17.7 Å². The number of nitrogens with two attached hydrogens (primary N) is 1. The van der Waals surface area contributed by atoms with Gasteiger partial charge in [0, 0.05) is 29.4 Å². The Kier molecular flexibility index (Phi) is 5.11. The minimum atomic E-state index is -0.944. The highest BCUT2D eigenvalue weighted by Gasteiger charge is 2.52. The first-order chi connectivity index (χ1) is 15.4. The monoisotopic (exact) mass is 437 g/mol. The molecule has 3 fully saturated rings. The number of carbonyl (C=O) groups is 4. The molecule has 2 aromatic rings. The molecule has 5 atom stereocenters.